The third kappa shape index (κ3) is 4.10. The number of nitriles is 1. The van der Waals surface area contributed by atoms with Crippen LogP contribution in [0, 0.1) is 11.3 Å². The van der Waals surface area contributed by atoms with Gasteiger partial charge in [-0.2, -0.15) is 10.4 Å². The van der Waals surface area contributed by atoms with Gasteiger partial charge in [-0.15, -0.1) is 0 Å². The van der Waals surface area contributed by atoms with Crippen LogP contribution in [0.1, 0.15) is 49.8 Å². The van der Waals surface area contributed by atoms with Gasteiger partial charge in [0.05, 0.1) is 20.4 Å². The Morgan fingerprint density at radius 3 is 2.68 bits per heavy atom. The second kappa shape index (κ2) is 8.73. The predicted molar refractivity (Wildman–Crippen MR) is 95.3 cm³/mol. The lowest BCUT2D eigenvalue weighted by molar-refractivity contribution is 0.354. The summed E-state index contributed by atoms with van der Waals surface area (Å²) >= 11 is 0. The first kappa shape index (κ1) is 18.3. The molecular weight excluding hydrogens is 320 g/mol. The molecule has 2 aromatic rings. The van der Waals surface area contributed by atoms with Crippen LogP contribution in [0.3, 0.4) is 0 Å². The molecule has 0 aliphatic carbocycles. The van der Waals surface area contributed by atoms with Gasteiger partial charge in [0.25, 0.3) is 5.88 Å². The Kier molecular flexibility index (Phi) is 6.40. The highest BCUT2D eigenvalue weighted by Gasteiger charge is 2.18. The first-order valence-electron chi connectivity index (χ1n) is 8.09. The maximum Gasteiger partial charge on any atom is 0.252 e. The van der Waals surface area contributed by atoms with Crippen molar-refractivity contribution in [2.24, 2.45) is 5.10 Å². The van der Waals surface area contributed by atoms with Crippen molar-refractivity contribution in [2.75, 3.05) is 19.6 Å². The molecule has 7 heteroatoms. The molecule has 1 heterocycles. The second-order valence-corrected chi connectivity index (χ2v) is 5.31. The highest BCUT2D eigenvalue weighted by Crippen LogP contribution is 2.30. The normalized spacial score (nSPS) is 10.9. The summed E-state index contributed by atoms with van der Waals surface area (Å²) in [5, 5.41) is 13.4. The SMILES string of the molecule is CCC(CC)c1nc(C#N)c(N/N=C/c2cccc(OC)c2OC)o1. The van der Waals surface area contributed by atoms with Gasteiger partial charge >= 0.3 is 0 Å². The van der Waals surface area contributed by atoms with E-state index < -0.39 is 0 Å². The van der Waals surface area contributed by atoms with Crippen LogP contribution in [0.2, 0.25) is 0 Å². The summed E-state index contributed by atoms with van der Waals surface area (Å²) < 4.78 is 16.3. The number of hydrazone groups is 1. The minimum Gasteiger partial charge on any atom is -0.493 e. The fraction of sp³-hybridized carbons (Fsp3) is 0.389. The molecule has 0 radical (unpaired) electrons. The minimum atomic E-state index is 0.185. The Hall–Kier alpha value is -3.01. The molecule has 0 spiro atoms. The van der Waals surface area contributed by atoms with Crippen LogP contribution in [0.15, 0.2) is 27.7 Å². The number of aromatic nitrogens is 1. The summed E-state index contributed by atoms with van der Waals surface area (Å²) in [5.74, 6) is 2.16. The average Bonchev–Trinajstić information content (AvgIpc) is 3.05. The van der Waals surface area contributed by atoms with Gasteiger partial charge in [0.15, 0.2) is 11.5 Å². The van der Waals surface area contributed by atoms with E-state index in [-0.39, 0.29) is 17.5 Å². The summed E-state index contributed by atoms with van der Waals surface area (Å²) in [6.07, 6.45) is 3.36. The van der Waals surface area contributed by atoms with Gasteiger partial charge in [0.2, 0.25) is 11.6 Å². The van der Waals surface area contributed by atoms with Crippen LogP contribution >= 0.6 is 0 Å². The first-order valence-corrected chi connectivity index (χ1v) is 8.09. The molecule has 7 nitrogen and oxygen atoms in total. The van der Waals surface area contributed by atoms with E-state index in [0.29, 0.717) is 17.4 Å². The molecule has 0 saturated heterocycles. The first-order chi connectivity index (χ1) is 12.2. The number of nitrogens with zero attached hydrogens (tertiary/aromatic N) is 3. The number of rotatable bonds is 8. The van der Waals surface area contributed by atoms with Crippen LogP contribution in [-0.2, 0) is 0 Å². The van der Waals surface area contributed by atoms with Crippen LogP contribution in [0.25, 0.3) is 0 Å². The van der Waals surface area contributed by atoms with E-state index in [9.17, 15) is 5.26 Å². The van der Waals surface area contributed by atoms with E-state index in [4.69, 9.17) is 13.9 Å². The quantitative estimate of drug-likeness (QED) is 0.577. The van der Waals surface area contributed by atoms with Crippen molar-refractivity contribution < 1.29 is 13.9 Å². The number of oxazole rings is 1. The summed E-state index contributed by atoms with van der Waals surface area (Å²) in [4.78, 5) is 4.25. The van der Waals surface area contributed by atoms with Crippen LogP contribution in [0.4, 0.5) is 5.88 Å². The topological polar surface area (TPSA) is 92.7 Å². The number of ether oxygens (including phenoxy) is 2. The summed E-state index contributed by atoms with van der Waals surface area (Å²) in [7, 11) is 3.14. The molecular formula is C18H22N4O3. The summed E-state index contributed by atoms with van der Waals surface area (Å²) in [6, 6.07) is 7.50. The van der Waals surface area contributed by atoms with Crippen molar-refractivity contribution >= 4 is 12.1 Å². The molecule has 25 heavy (non-hydrogen) atoms. The Morgan fingerprint density at radius 1 is 1.32 bits per heavy atom. The van der Waals surface area contributed by atoms with Gasteiger partial charge in [-0.3, -0.25) is 0 Å². The molecule has 132 valence electrons. The minimum absolute atomic E-state index is 0.185. The van der Waals surface area contributed by atoms with E-state index >= 15 is 0 Å². The van der Waals surface area contributed by atoms with Crippen molar-refractivity contribution in [1.29, 1.82) is 5.26 Å². The molecule has 0 saturated carbocycles. The van der Waals surface area contributed by atoms with Gasteiger partial charge in [0.1, 0.15) is 6.07 Å². The lowest BCUT2D eigenvalue weighted by Gasteiger charge is -2.09. The largest absolute Gasteiger partial charge is 0.493 e. The van der Waals surface area contributed by atoms with Crippen molar-refractivity contribution in [2.45, 2.75) is 32.6 Å². The van der Waals surface area contributed by atoms with Crippen molar-refractivity contribution in [3.05, 3.63) is 35.3 Å². The maximum absolute atomic E-state index is 9.22. The monoisotopic (exact) mass is 342 g/mol. The van der Waals surface area contributed by atoms with Crippen LogP contribution in [-0.4, -0.2) is 25.4 Å². The maximum atomic E-state index is 9.22. The molecule has 0 aliphatic rings. The smallest absolute Gasteiger partial charge is 0.252 e. The number of para-hydroxylation sites is 1. The van der Waals surface area contributed by atoms with Crippen molar-refractivity contribution in [1.82, 2.24) is 4.98 Å². The van der Waals surface area contributed by atoms with Gasteiger partial charge in [-0.05, 0) is 25.0 Å². The molecule has 2 rings (SSSR count). The number of hydrogen-bond acceptors (Lipinski definition) is 7. The summed E-state index contributed by atoms with van der Waals surface area (Å²) in [5.41, 5.74) is 3.67. The second-order valence-electron chi connectivity index (χ2n) is 5.31. The molecule has 0 aliphatic heterocycles. The third-order valence-corrected chi connectivity index (χ3v) is 3.89. The number of methoxy groups -OCH3 is 2. The van der Waals surface area contributed by atoms with E-state index in [2.05, 4.69) is 29.4 Å². The van der Waals surface area contributed by atoms with Gasteiger partial charge < -0.3 is 13.9 Å². The lowest BCUT2D eigenvalue weighted by Crippen LogP contribution is -1.97. The van der Waals surface area contributed by atoms with Crippen LogP contribution < -0.4 is 14.9 Å². The molecule has 0 unspecified atom stereocenters. The van der Waals surface area contributed by atoms with E-state index in [1.807, 2.05) is 18.2 Å². The number of hydrogen-bond donors (Lipinski definition) is 1. The van der Waals surface area contributed by atoms with Gasteiger partial charge in [0, 0.05) is 11.5 Å². The van der Waals surface area contributed by atoms with Gasteiger partial charge in [-0.1, -0.05) is 19.9 Å². The van der Waals surface area contributed by atoms with E-state index in [1.165, 1.54) is 0 Å². The van der Waals surface area contributed by atoms with E-state index in [1.54, 1.807) is 26.5 Å². The predicted octanol–water partition coefficient (Wildman–Crippen LogP) is 3.91. The molecule has 1 N–H and O–H groups in total. The summed E-state index contributed by atoms with van der Waals surface area (Å²) in [6.45, 7) is 4.12. The third-order valence-electron chi connectivity index (χ3n) is 3.89. The highest BCUT2D eigenvalue weighted by molar-refractivity contribution is 5.85. The molecule has 1 aromatic carbocycles. The Morgan fingerprint density at radius 2 is 2.08 bits per heavy atom. The fourth-order valence-corrected chi connectivity index (χ4v) is 2.47. The number of anilines is 1. The zero-order valence-electron chi connectivity index (χ0n) is 14.9. The zero-order valence-corrected chi connectivity index (χ0v) is 14.9. The fourth-order valence-electron chi connectivity index (χ4n) is 2.47. The van der Waals surface area contributed by atoms with E-state index in [0.717, 1.165) is 18.4 Å². The standard InChI is InChI=1S/C18H22N4O3/c1-5-12(6-2)17-21-14(10-19)18(25-17)22-20-11-13-8-7-9-15(23-3)16(13)24-4/h7-9,11-12,22H,5-6H2,1-4H3/b20-11+. The average molecular weight is 342 g/mol. The van der Waals surface area contributed by atoms with Gasteiger partial charge in [-0.25, -0.2) is 10.4 Å². The molecule has 1 aromatic heterocycles. The zero-order chi connectivity index (χ0) is 18.2. The van der Waals surface area contributed by atoms with Crippen molar-refractivity contribution in [3.63, 3.8) is 0 Å². The molecule has 0 atom stereocenters. The number of nitrogens with one attached hydrogen (secondary N) is 1. The Labute approximate surface area is 147 Å². The Bertz CT molecular complexity index is 773. The molecule has 0 bridgehead atoms. The van der Waals surface area contributed by atoms with Crippen molar-refractivity contribution in [3.8, 4) is 17.6 Å². The Balaban J connectivity index is 2.22. The molecule has 0 amide bonds. The number of benzene rings is 1. The highest BCUT2D eigenvalue weighted by atomic mass is 16.5. The van der Waals surface area contributed by atoms with Crippen LogP contribution in [0.5, 0.6) is 11.5 Å². The lowest BCUT2D eigenvalue weighted by atomic mass is 10.0. The molecule has 0 fully saturated rings.